The van der Waals surface area contributed by atoms with E-state index in [9.17, 15) is 5.11 Å². The van der Waals surface area contributed by atoms with Gasteiger partial charge in [-0.3, -0.25) is 0 Å². The number of aliphatic hydroxyl groups excluding tert-OH is 1. The molecule has 0 aromatic carbocycles. The van der Waals surface area contributed by atoms with Gasteiger partial charge < -0.3 is 5.11 Å². The fraction of sp³-hybridized carbons (Fsp3) is 0.700. The second-order valence-corrected chi connectivity index (χ2v) is 7.77. The predicted molar refractivity (Wildman–Crippen MR) is 91.1 cm³/mol. The first-order valence-corrected chi connectivity index (χ1v) is 8.53. The van der Waals surface area contributed by atoms with Crippen molar-refractivity contribution in [3.8, 4) is 0 Å². The lowest BCUT2D eigenvalue weighted by Gasteiger charge is -2.38. The summed E-state index contributed by atoms with van der Waals surface area (Å²) in [5.41, 5.74) is 4.61. The molecule has 2 rings (SSSR count). The molecule has 0 aromatic rings. The third kappa shape index (κ3) is 3.69. The lowest BCUT2D eigenvalue weighted by Crippen LogP contribution is -2.29. The average molecular weight is 288 g/mol. The summed E-state index contributed by atoms with van der Waals surface area (Å²) in [6.45, 7) is 11.5. The summed E-state index contributed by atoms with van der Waals surface area (Å²) in [7, 11) is 0. The maximum absolute atomic E-state index is 10.1. The summed E-state index contributed by atoms with van der Waals surface area (Å²) in [4.78, 5) is 0. The van der Waals surface area contributed by atoms with Gasteiger partial charge >= 0.3 is 0 Å². The van der Waals surface area contributed by atoms with E-state index in [-0.39, 0.29) is 6.10 Å². The number of hydrogen-bond acceptors (Lipinski definition) is 1. The zero-order valence-corrected chi connectivity index (χ0v) is 14.4. The molecule has 0 radical (unpaired) electrons. The number of fused-ring (bicyclic) bond motifs is 1. The Bertz CT molecular complexity index is 466. The van der Waals surface area contributed by atoms with Gasteiger partial charge in [0.15, 0.2) is 0 Å². The van der Waals surface area contributed by atoms with Gasteiger partial charge in [0.25, 0.3) is 0 Å². The van der Waals surface area contributed by atoms with Crippen LogP contribution >= 0.6 is 0 Å². The Balaban J connectivity index is 2.31. The van der Waals surface area contributed by atoms with E-state index in [2.05, 4.69) is 52.8 Å². The minimum Gasteiger partial charge on any atom is -0.389 e. The second-order valence-electron chi connectivity index (χ2n) is 7.77. The van der Waals surface area contributed by atoms with Gasteiger partial charge in [-0.05, 0) is 63.2 Å². The first kappa shape index (κ1) is 16.5. The molecule has 0 aromatic heterocycles. The van der Waals surface area contributed by atoms with Gasteiger partial charge in [0.05, 0.1) is 6.10 Å². The van der Waals surface area contributed by atoms with E-state index >= 15 is 0 Å². The molecule has 0 amide bonds. The second kappa shape index (κ2) is 6.52. The van der Waals surface area contributed by atoms with Gasteiger partial charge in [-0.1, -0.05) is 55.7 Å². The van der Waals surface area contributed by atoms with E-state index in [0.29, 0.717) is 5.41 Å². The normalized spacial score (nSPS) is 39.7. The highest BCUT2D eigenvalue weighted by Gasteiger charge is 2.41. The van der Waals surface area contributed by atoms with E-state index < -0.39 is 0 Å². The molecule has 0 saturated carbocycles. The first-order valence-electron chi connectivity index (χ1n) is 8.53. The van der Waals surface area contributed by atoms with Crippen molar-refractivity contribution in [2.75, 3.05) is 0 Å². The monoisotopic (exact) mass is 288 g/mol. The van der Waals surface area contributed by atoms with Crippen LogP contribution < -0.4 is 0 Å². The van der Waals surface area contributed by atoms with Crippen molar-refractivity contribution in [1.82, 2.24) is 0 Å². The molecule has 0 aliphatic heterocycles. The van der Waals surface area contributed by atoms with Crippen LogP contribution in [-0.2, 0) is 0 Å². The summed E-state index contributed by atoms with van der Waals surface area (Å²) < 4.78 is 0. The lowest BCUT2D eigenvalue weighted by atomic mass is 9.67. The molecule has 2 aliphatic rings. The summed E-state index contributed by atoms with van der Waals surface area (Å²) >= 11 is 0. The molecule has 2 aliphatic carbocycles. The third-order valence-corrected chi connectivity index (χ3v) is 5.69. The maximum Gasteiger partial charge on any atom is 0.0760 e. The summed E-state index contributed by atoms with van der Waals surface area (Å²) in [5.74, 6) is 1.49. The Morgan fingerprint density at radius 2 is 1.90 bits per heavy atom. The Morgan fingerprint density at radius 1 is 1.19 bits per heavy atom. The van der Waals surface area contributed by atoms with Crippen LogP contribution in [-0.4, -0.2) is 11.2 Å². The van der Waals surface area contributed by atoms with E-state index in [1.807, 2.05) is 0 Å². The molecule has 3 atom stereocenters. The lowest BCUT2D eigenvalue weighted by molar-refractivity contribution is 0.182. The molecule has 1 nitrogen and oxygen atoms in total. The molecule has 21 heavy (non-hydrogen) atoms. The molecule has 0 fully saturated rings. The van der Waals surface area contributed by atoms with Crippen molar-refractivity contribution < 1.29 is 5.11 Å². The van der Waals surface area contributed by atoms with E-state index in [1.54, 1.807) is 5.57 Å². The molecule has 0 bridgehead atoms. The highest BCUT2D eigenvalue weighted by molar-refractivity contribution is 5.27. The SMILES string of the molecule is C/C1=C/[C@H](O)C/C(C)=C/CC2=CC[C@@H](C(C)C)[C@]2(C)CC1. The van der Waals surface area contributed by atoms with Crippen molar-refractivity contribution in [1.29, 1.82) is 0 Å². The number of allylic oxidation sites excluding steroid dienone is 4. The van der Waals surface area contributed by atoms with Gasteiger partial charge in [-0.2, -0.15) is 0 Å². The standard InChI is InChI=1S/C20H32O/c1-14(2)19-9-8-17-7-6-15(3)12-18(21)13-16(4)10-11-20(17,19)5/h6,8,13-14,18-19,21H,7,9-12H2,1-5H3/b15-6+,16-13-/t18-,19+,20-/m1/s1. The molecular weight excluding hydrogens is 256 g/mol. The highest BCUT2D eigenvalue weighted by atomic mass is 16.3. The van der Waals surface area contributed by atoms with Crippen LogP contribution in [0.4, 0.5) is 0 Å². The smallest absolute Gasteiger partial charge is 0.0760 e. The van der Waals surface area contributed by atoms with Crippen LogP contribution in [0.3, 0.4) is 0 Å². The minimum absolute atomic E-state index is 0.318. The highest BCUT2D eigenvalue weighted by Crippen LogP contribution is 2.52. The molecule has 0 heterocycles. The number of hydrogen-bond donors (Lipinski definition) is 1. The Hall–Kier alpha value is -0.820. The molecule has 1 N–H and O–H groups in total. The van der Waals surface area contributed by atoms with Gasteiger partial charge in [0.2, 0.25) is 0 Å². The van der Waals surface area contributed by atoms with Crippen LogP contribution in [0.1, 0.15) is 66.7 Å². The van der Waals surface area contributed by atoms with E-state index in [0.717, 1.165) is 31.1 Å². The Labute approximate surface area is 130 Å². The van der Waals surface area contributed by atoms with Crippen molar-refractivity contribution in [2.24, 2.45) is 17.3 Å². The zero-order chi connectivity index (χ0) is 15.6. The number of rotatable bonds is 1. The van der Waals surface area contributed by atoms with Crippen LogP contribution in [0.15, 0.2) is 34.9 Å². The molecule has 118 valence electrons. The summed E-state index contributed by atoms with van der Waals surface area (Å²) in [6, 6.07) is 0. The average Bonchev–Trinajstić information content (AvgIpc) is 2.70. The van der Waals surface area contributed by atoms with E-state index in [4.69, 9.17) is 0 Å². The maximum atomic E-state index is 10.1. The van der Waals surface area contributed by atoms with Gasteiger partial charge in [0, 0.05) is 0 Å². The van der Waals surface area contributed by atoms with Gasteiger partial charge in [-0.25, -0.2) is 0 Å². The van der Waals surface area contributed by atoms with Crippen LogP contribution in [0.5, 0.6) is 0 Å². The van der Waals surface area contributed by atoms with Crippen molar-refractivity contribution in [2.45, 2.75) is 72.8 Å². The summed E-state index contributed by atoms with van der Waals surface area (Å²) in [5, 5.41) is 10.1. The van der Waals surface area contributed by atoms with E-state index in [1.165, 1.54) is 24.0 Å². The first-order chi connectivity index (χ1) is 9.83. The summed E-state index contributed by atoms with van der Waals surface area (Å²) in [6.07, 6.45) is 12.0. The van der Waals surface area contributed by atoms with Crippen LogP contribution in [0, 0.1) is 17.3 Å². The predicted octanol–water partition coefficient (Wildman–Crippen LogP) is 5.42. The van der Waals surface area contributed by atoms with Crippen molar-refractivity contribution >= 4 is 0 Å². The Kier molecular flexibility index (Phi) is 5.14. The molecule has 0 saturated heterocycles. The molecule has 1 heteroatoms. The molecular formula is C20H32O. The largest absolute Gasteiger partial charge is 0.389 e. The Morgan fingerprint density at radius 3 is 2.57 bits per heavy atom. The quantitative estimate of drug-likeness (QED) is 0.638. The van der Waals surface area contributed by atoms with Gasteiger partial charge in [-0.15, -0.1) is 0 Å². The van der Waals surface area contributed by atoms with Gasteiger partial charge in [0.1, 0.15) is 0 Å². The minimum atomic E-state index is -0.318. The fourth-order valence-electron chi connectivity index (χ4n) is 4.30. The third-order valence-electron chi connectivity index (χ3n) is 5.69. The number of aliphatic hydroxyl groups is 1. The van der Waals surface area contributed by atoms with Crippen LogP contribution in [0.25, 0.3) is 0 Å². The zero-order valence-electron chi connectivity index (χ0n) is 14.4. The molecule has 0 spiro atoms. The van der Waals surface area contributed by atoms with Crippen molar-refractivity contribution in [3.63, 3.8) is 0 Å². The topological polar surface area (TPSA) is 20.2 Å². The molecule has 0 unspecified atom stereocenters. The van der Waals surface area contributed by atoms with Crippen molar-refractivity contribution in [3.05, 3.63) is 34.9 Å². The fourth-order valence-corrected chi connectivity index (χ4v) is 4.30. The van der Waals surface area contributed by atoms with Crippen LogP contribution in [0.2, 0.25) is 0 Å².